The second kappa shape index (κ2) is 7.85. The third-order valence-corrected chi connectivity index (χ3v) is 4.95. The number of oxazole rings is 1. The van der Waals surface area contributed by atoms with Gasteiger partial charge in [-0.05, 0) is 43.3 Å². The van der Waals surface area contributed by atoms with Crippen molar-refractivity contribution < 1.29 is 18.7 Å². The lowest BCUT2D eigenvalue weighted by atomic mass is 10.2. The van der Waals surface area contributed by atoms with E-state index in [2.05, 4.69) is 5.32 Å². The van der Waals surface area contributed by atoms with Crippen LogP contribution in [0.1, 0.15) is 27.6 Å². The van der Waals surface area contributed by atoms with Crippen LogP contribution in [0.25, 0.3) is 16.8 Å². The van der Waals surface area contributed by atoms with Crippen LogP contribution < -0.4 is 10.9 Å². The predicted octanol–water partition coefficient (Wildman–Crippen LogP) is 4.78. The number of benzene rings is 2. The molecule has 152 valence electrons. The van der Waals surface area contributed by atoms with Gasteiger partial charge in [0.25, 0.3) is 11.5 Å². The third-order valence-electron chi connectivity index (χ3n) is 4.39. The number of esters is 1. The van der Waals surface area contributed by atoms with Crippen LogP contribution in [-0.2, 0) is 4.74 Å². The largest absolute Gasteiger partial charge is 0.462 e. The summed E-state index contributed by atoms with van der Waals surface area (Å²) >= 11 is 12.1. The highest BCUT2D eigenvalue weighted by Crippen LogP contribution is 2.26. The Morgan fingerprint density at radius 1 is 1.10 bits per heavy atom. The number of aromatic nitrogens is 1. The van der Waals surface area contributed by atoms with Crippen molar-refractivity contribution in [1.82, 2.24) is 4.40 Å². The number of carbonyl (C=O) groups excluding carboxylic acids is 2. The molecule has 2 heterocycles. The maximum atomic E-state index is 13.2. The SMILES string of the molecule is CCOC(=O)c1cc(NC(=O)c2ccccc2Cl)c(=O)n2c1oc1ccc(Cl)cc12. The van der Waals surface area contributed by atoms with Gasteiger partial charge in [-0.25, -0.2) is 9.20 Å². The minimum Gasteiger partial charge on any atom is -0.462 e. The fourth-order valence-corrected chi connectivity index (χ4v) is 3.44. The average Bonchev–Trinajstić information content (AvgIpc) is 3.09. The monoisotopic (exact) mass is 444 g/mol. The van der Waals surface area contributed by atoms with Crippen LogP contribution in [0.5, 0.6) is 0 Å². The Bertz CT molecular complexity index is 1370. The molecule has 0 fully saturated rings. The van der Waals surface area contributed by atoms with Gasteiger partial charge in [0.05, 0.1) is 22.7 Å². The highest BCUT2D eigenvalue weighted by molar-refractivity contribution is 6.34. The van der Waals surface area contributed by atoms with Crippen LogP contribution in [0.15, 0.2) is 57.7 Å². The van der Waals surface area contributed by atoms with Crippen LogP contribution in [0.4, 0.5) is 5.69 Å². The molecule has 30 heavy (non-hydrogen) atoms. The van der Waals surface area contributed by atoms with Crippen molar-refractivity contribution in [3.63, 3.8) is 0 Å². The molecule has 0 bridgehead atoms. The Morgan fingerprint density at radius 2 is 1.87 bits per heavy atom. The van der Waals surface area contributed by atoms with E-state index < -0.39 is 17.4 Å². The first-order valence-corrected chi connectivity index (χ1v) is 9.67. The van der Waals surface area contributed by atoms with Crippen molar-refractivity contribution in [3.05, 3.63) is 80.1 Å². The van der Waals surface area contributed by atoms with Gasteiger partial charge in [-0.3, -0.25) is 9.59 Å². The number of nitrogens with zero attached hydrogens (tertiary/aromatic N) is 1. The van der Waals surface area contributed by atoms with Crippen molar-refractivity contribution >= 4 is 57.6 Å². The number of carbonyl (C=O) groups is 2. The lowest BCUT2D eigenvalue weighted by Gasteiger charge is -2.09. The highest BCUT2D eigenvalue weighted by Gasteiger charge is 2.23. The Hall–Kier alpha value is -3.29. The molecule has 0 saturated heterocycles. The van der Waals surface area contributed by atoms with Crippen molar-refractivity contribution in [2.75, 3.05) is 11.9 Å². The fraction of sp³-hybridized carbons (Fsp3) is 0.0952. The molecule has 0 aliphatic rings. The maximum absolute atomic E-state index is 13.2. The summed E-state index contributed by atoms with van der Waals surface area (Å²) in [6.07, 6.45) is 0. The maximum Gasteiger partial charge on any atom is 0.343 e. The zero-order valence-electron chi connectivity index (χ0n) is 15.6. The Kier molecular flexibility index (Phi) is 5.24. The van der Waals surface area contributed by atoms with Crippen LogP contribution in [0.3, 0.4) is 0 Å². The van der Waals surface area contributed by atoms with Gasteiger partial charge < -0.3 is 14.5 Å². The van der Waals surface area contributed by atoms with Gasteiger partial charge in [0.15, 0.2) is 5.58 Å². The molecule has 0 spiro atoms. The summed E-state index contributed by atoms with van der Waals surface area (Å²) in [5, 5.41) is 3.13. The molecule has 0 saturated carbocycles. The van der Waals surface area contributed by atoms with Gasteiger partial charge in [0.2, 0.25) is 5.71 Å². The standard InChI is InChI=1S/C21H14Cl2N2O5/c1-2-29-21(28)13-10-15(24-18(26)12-5-3-4-6-14(12)23)19(27)25-16-9-11(22)7-8-17(16)30-20(13)25/h3-10H,2H2,1H3,(H,24,26). The van der Waals surface area contributed by atoms with Crippen molar-refractivity contribution in [3.8, 4) is 0 Å². The second-order valence-electron chi connectivity index (χ2n) is 6.29. The topological polar surface area (TPSA) is 90.0 Å². The van der Waals surface area contributed by atoms with Crippen LogP contribution in [0.2, 0.25) is 10.0 Å². The minimum atomic E-state index is -0.701. The summed E-state index contributed by atoms with van der Waals surface area (Å²) in [4.78, 5) is 38.4. The Labute approximate surface area is 179 Å². The van der Waals surface area contributed by atoms with Crippen molar-refractivity contribution in [2.45, 2.75) is 6.92 Å². The smallest absolute Gasteiger partial charge is 0.343 e. The number of nitrogens with one attached hydrogen (secondary N) is 1. The summed E-state index contributed by atoms with van der Waals surface area (Å²) in [6, 6.07) is 12.3. The van der Waals surface area contributed by atoms with Crippen molar-refractivity contribution in [2.24, 2.45) is 0 Å². The van der Waals surface area contributed by atoms with Gasteiger partial charge in [-0.1, -0.05) is 35.3 Å². The third kappa shape index (κ3) is 3.42. The van der Waals surface area contributed by atoms with Crippen molar-refractivity contribution in [1.29, 1.82) is 0 Å². The van der Waals surface area contributed by atoms with Crippen LogP contribution >= 0.6 is 23.2 Å². The van der Waals surface area contributed by atoms with E-state index in [0.717, 1.165) is 0 Å². The number of pyridine rings is 1. The van der Waals surface area contributed by atoms with E-state index >= 15 is 0 Å². The molecule has 0 unspecified atom stereocenters. The molecule has 0 aliphatic carbocycles. The normalized spacial score (nSPS) is 11.0. The van der Waals surface area contributed by atoms with E-state index in [-0.39, 0.29) is 34.2 Å². The molecular formula is C21H14Cl2N2O5. The zero-order chi connectivity index (χ0) is 21.4. The minimum absolute atomic E-state index is 0.00791. The molecule has 0 atom stereocenters. The number of amides is 1. The van der Waals surface area contributed by atoms with E-state index in [1.165, 1.54) is 22.6 Å². The molecule has 9 heteroatoms. The Morgan fingerprint density at radius 3 is 2.60 bits per heavy atom. The lowest BCUT2D eigenvalue weighted by molar-refractivity contribution is 0.0526. The molecule has 2 aromatic carbocycles. The first-order chi connectivity index (χ1) is 14.4. The van der Waals surface area contributed by atoms with Gasteiger partial charge in [0.1, 0.15) is 11.3 Å². The molecular weight excluding hydrogens is 431 g/mol. The number of hydrogen-bond donors (Lipinski definition) is 1. The molecule has 2 aromatic heterocycles. The van der Waals surface area contributed by atoms with Gasteiger partial charge >= 0.3 is 5.97 Å². The summed E-state index contributed by atoms with van der Waals surface area (Å²) < 4.78 is 12.0. The highest BCUT2D eigenvalue weighted by atomic mass is 35.5. The average molecular weight is 445 g/mol. The summed E-state index contributed by atoms with van der Waals surface area (Å²) in [5.74, 6) is -1.30. The molecule has 7 nitrogen and oxygen atoms in total. The van der Waals surface area contributed by atoms with E-state index in [4.69, 9.17) is 32.4 Å². The first kappa shape index (κ1) is 20.0. The number of rotatable bonds is 4. The lowest BCUT2D eigenvalue weighted by Crippen LogP contribution is -2.24. The second-order valence-corrected chi connectivity index (χ2v) is 7.13. The fourth-order valence-electron chi connectivity index (χ4n) is 3.06. The first-order valence-electron chi connectivity index (χ1n) is 8.91. The summed E-state index contributed by atoms with van der Waals surface area (Å²) in [5.41, 5.74) is 0.118. The van der Waals surface area contributed by atoms with E-state index in [0.29, 0.717) is 16.1 Å². The molecule has 1 amide bonds. The van der Waals surface area contributed by atoms with E-state index in [9.17, 15) is 14.4 Å². The Balaban J connectivity index is 1.94. The van der Waals surface area contributed by atoms with Gasteiger partial charge in [-0.2, -0.15) is 0 Å². The molecule has 4 rings (SSSR count). The number of halogens is 2. The summed E-state index contributed by atoms with van der Waals surface area (Å²) in [7, 11) is 0. The van der Waals surface area contributed by atoms with Gasteiger partial charge in [-0.15, -0.1) is 0 Å². The molecule has 1 N–H and O–H groups in total. The van der Waals surface area contributed by atoms with E-state index in [1.807, 2.05) is 0 Å². The van der Waals surface area contributed by atoms with Crippen LogP contribution in [-0.4, -0.2) is 22.9 Å². The molecule has 0 radical (unpaired) electrons. The number of hydrogen-bond acceptors (Lipinski definition) is 5. The number of ether oxygens (including phenoxy) is 1. The van der Waals surface area contributed by atoms with Crippen LogP contribution in [0, 0.1) is 0 Å². The van der Waals surface area contributed by atoms with Gasteiger partial charge in [0, 0.05) is 5.02 Å². The summed E-state index contributed by atoms with van der Waals surface area (Å²) in [6.45, 7) is 1.78. The molecule has 0 aliphatic heterocycles. The number of fused-ring (bicyclic) bond motifs is 3. The number of anilines is 1. The van der Waals surface area contributed by atoms with E-state index in [1.54, 1.807) is 37.3 Å². The molecule has 4 aromatic rings. The zero-order valence-corrected chi connectivity index (χ0v) is 17.1. The predicted molar refractivity (Wildman–Crippen MR) is 114 cm³/mol. The quantitative estimate of drug-likeness (QED) is 0.457.